The number of amides is 2. The molecule has 0 atom stereocenters. The van der Waals surface area contributed by atoms with Crippen molar-refractivity contribution in [1.82, 2.24) is 10.3 Å². The molecule has 0 fully saturated rings. The van der Waals surface area contributed by atoms with Crippen molar-refractivity contribution in [2.24, 2.45) is 0 Å². The molecule has 126 valence electrons. The molecule has 0 radical (unpaired) electrons. The highest BCUT2D eigenvalue weighted by molar-refractivity contribution is 7.08. The fourth-order valence-electron chi connectivity index (χ4n) is 2.66. The van der Waals surface area contributed by atoms with Crippen molar-refractivity contribution < 1.29 is 9.53 Å². The van der Waals surface area contributed by atoms with E-state index in [0.717, 1.165) is 39.9 Å². The Labute approximate surface area is 145 Å². The van der Waals surface area contributed by atoms with Crippen LogP contribution in [0.5, 0.6) is 5.75 Å². The average Bonchev–Trinajstić information content (AvgIpc) is 3.15. The van der Waals surface area contributed by atoms with E-state index in [9.17, 15) is 4.79 Å². The van der Waals surface area contributed by atoms with Crippen LogP contribution in [0.2, 0.25) is 0 Å². The van der Waals surface area contributed by atoms with Crippen molar-refractivity contribution in [3.8, 4) is 5.75 Å². The Balaban J connectivity index is 1.61. The number of fused-ring (bicyclic) bond motifs is 1. The monoisotopic (exact) mass is 343 g/mol. The minimum atomic E-state index is -0.179. The van der Waals surface area contributed by atoms with Gasteiger partial charge in [0, 0.05) is 29.0 Å². The number of ether oxygens (including phenoxy) is 1. The number of thiophene rings is 1. The van der Waals surface area contributed by atoms with E-state index < -0.39 is 0 Å². The first-order valence-electron chi connectivity index (χ1n) is 7.98. The summed E-state index contributed by atoms with van der Waals surface area (Å²) >= 11 is 1.58. The SMILES string of the molecule is CCOc1cccc2[nH]cc(CCNC(=O)Nc3cscc3C)c12. The van der Waals surface area contributed by atoms with Gasteiger partial charge in [0.2, 0.25) is 0 Å². The number of carbonyl (C=O) groups excluding carboxylic acids is 1. The number of hydrogen-bond donors (Lipinski definition) is 3. The summed E-state index contributed by atoms with van der Waals surface area (Å²) in [6.07, 6.45) is 2.72. The molecular weight excluding hydrogens is 322 g/mol. The van der Waals surface area contributed by atoms with Crippen LogP contribution in [0.3, 0.4) is 0 Å². The number of aromatic amines is 1. The molecular formula is C18H21N3O2S. The highest BCUT2D eigenvalue weighted by atomic mass is 32.1. The highest BCUT2D eigenvalue weighted by Gasteiger charge is 2.10. The zero-order valence-corrected chi connectivity index (χ0v) is 14.6. The maximum absolute atomic E-state index is 12.0. The summed E-state index contributed by atoms with van der Waals surface area (Å²) in [7, 11) is 0. The number of nitrogens with one attached hydrogen (secondary N) is 3. The Bertz CT molecular complexity index is 838. The first-order valence-corrected chi connectivity index (χ1v) is 8.92. The summed E-state index contributed by atoms with van der Waals surface area (Å²) in [6, 6.07) is 5.80. The Hall–Kier alpha value is -2.47. The summed E-state index contributed by atoms with van der Waals surface area (Å²) in [5, 5.41) is 10.8. The molecule has 0 saturated heterocycles. The van der Waals surface area contributed by atoms with Gasteiger partial charge in [0.25, 0.3) is 0 Å². The van der Waals surface area contributed by atoms with Crippen LogP contribution < -0.4 is 15.4 Å². The number of aromatic nitrogens is 1. The minimum absolute atomic E-state index is 0.179. The van der Waals surface area contributed by atoms with E-state index in [-0.39, 0.29) is 6.03 Å². The van der Waals surface area contributed by atoms with Gasteiger partial charge in [-0.1, -0.05) is 6.07 Å². The number of H-pyrrole nitrogens is 1. The first-order chi connectivity index (χ1) is 11.7. The third-order valence-corrected chi connectivity index (χ3v) is 4.69. The van der Waals surface area contributed by atoms with Gasteiger partial charge in [-0.2, -0.15) is 0 Å². The lowest BCUT2D eigenvalue weighted by atomic mass is 10.1. The number of anilines is 1. The molecule has 6 heteroatoms. The van der Waals surface area contributed by atoms with E-state index >= 15 is 0 Å². The number of benzene rings is 1. The van der Waals surface area contributed by atoms with Gasteiger partial charge in [0.15, 0.2) is 0 Å². The number of rotatable bonds is 6. The van der Waals surface area contributed by atoms with Crippen molar-refractivity contribution in [3.63, 3.8) is 0 Å². The highest BCUT2D eigenvalue weighted by Crippen LogP contribution is 2.29. The fraction of sp³-hybridized carbons (Fsp3) is 0.278. The molecule has 0 saturated carbocycles. The van der Waals surface area contributed by atoms with Gasteiger partial charge in [-0.15, -0.1) is 11.3 Å². The summed E-state index contributed by atoms with van der Waals surface area (Å²) in [6.45, 7) is 5.14. The fourth-order valence-corrected chi connectivity index (χ4v) is 3.44. The standard InChI is InChI=1S/C18H21N3O2S/c1-3-23-16-6-4-5-14-17(16)13(9-20-14)7-8-19-18(22)21-15-11-24-10-12(15)2/h4-6,9-11,20H,3,7-8H2,1-2H3,(H2,19,21,22). The molecule has 24 heavy (non-hydrogen) atoms. The van der Waals surface area contributed by atoms with E-state index in [1.807, 2.05) is 49.0 Å². The Kier molecular flexibility index (Phi) is 5.05. The molecule has 2 amide bonds. The third-order valence-electron chi connectivity index (χ3n) is 3.83. The molecule has 0 spiro atoms. The van der Waals surface area contributed by atoms with Crippen LogP contribution in [0.4, 0.5) is 10.5 Å². The van der Waals surface area contributed by atoms with E-state index in [4.69, 9.17) is 4.74 Å². The van der Waals surface area contributed by atoms with Crippen molar-refractivity contribution >= 4 is 34.0 Å². The van der Waals surface area contributed by atoms with Crippen LogP contribution in [0, 0.1) is 6.92 Å². The van der Waals surface area contributed by atoms with Gasteiger partial charge >= 0.3 is 6.03 Å². The summed E-state index contributed by atoms with van der Waals surface area (Å²) < 4.78 is 5.71. The number of hydrogen-bond acceptors (Lipinski definition) is 3. The normalized spacial score (nSPS) is 10.8. The molecule has 1 aromatic carbocycles. The van der Waals surface area contributed by atoms with Crippen LogP contribution in [-0.2, 0) is 6.42 Å². The van der Waals surface area contributed by atoms with E-state index in [0.29, 0.717) is 13.2 Å². The minimum Gasteiger partial charge on any atom is -0.493 e. The molecule has 0 aliphatic carbocycles. The summed E-state index contributed by atoms with van der Waals surface area (Å²) in [5.74, 6) is 0.879. The lowest BCUT2D eigenvalue weighted by Gasteiger charge is -2.09. The van der Waals surface area contributed by atoms with Crippen molar-refractivity contribution in [1.29, 1.82) is 0 Å². The van der Waals surface area contributed by atoms with Crippen LogP contribution in [0.1, 0.15) is 18.1 Å². The molecule has 0 aliphatic heterocycles. The molecule has 3 aromatic rings. The van der Waals surface area contributed by atoms with Crippen molar-refractivity contribution in [3.05, 3.63) is 46.3 Å². The first kappa shape index (κ1) is 16.4. The quantitative estimate of drug-likeness (QED) is 0.625. The van der Waals surface area contributed by atoms with E-state index in [1.165, 1.54) is 0 Å². The molecule has 3 N–H and O–H groups in total. The molecule has 2 heterocycles. The topological polar surface area (TPSA) is 66.1 Å². The smallest absolute Gasteiger partial charge is 0.319 e. The Morgan fingerprint density at radius 2 is 2.21 bits per heavy atom. The number of urea groups is 1. The van der Waals surface area contributed by atoms with Gasteiger partial charge in [-0.05, 0) is 48.9 Å². The average molecular weight is 343 g/mol. The van der Waals surface area contributed by atoms with Crippen LogP contribution in [0.15, 0.2) is 35.2 Å². The summed E-state index contributed by atoms with van der Waals surface area (Å²) in [4.78, 5) is 15.2. The second-order valence-corrected chi connectivity index (χ2v) is 6.27. The second-order valence-electron chi connectivity index (χ2n) is 5.53. The molecule has 3 rings (SSSR count). The zero-order chi connectivity index (χ0) is 16.9. The van der Waals surface area contributed by atoms with Gasteiger partial charge in [0.1, 0.15) is 5.75 Å². The van der Waals surface area contributed by atoms with E-state index in [2.05, 4.69) is 15.6 Å². The second kappa shape index (κ2) is 7.40. The summed E-state index contributed by atoms with van der Waals surface area (Å²) in [5.41, 5.74) is 4.13. The van der Waals surface area contributed by atoms with Gasteiger partial charge < -0.3 is 20.4 Å². The van der Waals surface area contributed by atoms with Crippen LogP contribution in [0.25, 0.3) is 10.9 Å². The zero-order valence-electron chi connectivity index (χ0n) is 13.8. The van der Waals surface area contributed by atoms with E-state index in [1.54, 1.807) is 11.3 Å². The largest absolute Gasteiger partial charge is 0.493 e. The molecule has 0 unspecified atom stereocenters. The maximum atomic E-state index is 12.0. The predicted octanol–water partition coefficient (Wildman–Crippen LogP) is 4.30. The van der Waals surface area contributed by atoms with Gasteiger partial charge in [-0.25, -0.2) is 4.79 Å². The lowest BCUT2D eigenvalue weighted by molar-refractivity contribution is 0.252. The third kappa shape index (κ3) is 3.54. The molecule has 0 bridgehead atoms. The Morgan fingerprint density at radius 3 is 2.96 bits per heavy atom. The number of aryl methyl sites for hydroxylation is 1. The maximum Gasteiger partial charge on any atom is 0.319 e. The lowest BCUT2D eigenvalue weighted by Crippen LogP contribution is -2.30. The van der Waals surface area contributed by atoms with Crippen molar-refractivity contribution in [2.45, 2.75) is 20.3 Å². The van der Waals surface area contributed by atoms with Gasteiger partial charge in [0.05, 0.1) is 12.3 Å². The molecule has 5 nitrogen and oxygen atoms in total. The Morgan fingerprint density at radius 1 is 1.33 bits per heavy atom. The van der Waals surface area contributed by atoms with Crippen LogP contribution in [-0.4, -0.2) is 24.2 Å². The van der Waals surface area contributed by atoms with Crippen LogP contribution >= 0.6 is 11.3 Å². The molecule has 2 aromatic heterocycles. The predicted molar refractivity (Wildman–Crippen MR) is 99.2 cm³/mol. The van der Waals surface area contributed by atoms with Gasteiger partial charge in [-0.3, -0.25) is 0 Å². The van der Waals surface area contributed by atoms with Crippen molar-refractivity contribution in [2.75, 3.05) is 18.5 Å². The molecule has 0 aliphatic rings. The number of carbonyl (C=O) groups is 1.